The van der Waals surface area contributed by atoms with Gasteiger partial charge in [-0.3, -0.25) is 0 Å². The molecule has 1 saturated carbocycles. The molecule has 6 nitrogen and oxygen atoms in total. The van der Waals surface area contributed by atoms with Gasteiger partial charge in [-0.05, 0) is 30.9 Å². The average Bonchev–Trinajstić information content (AvgIpc) is 3.39. The molecule has 2 atom stereocenters. The molecule has 1 saturated heterocycles. The summed E-state index contributed by atoms with van der Waals surface area (Å²) in [5.74, 6) is 0.758. The van der Waals surface area contributed by atoms with E-state index in [4.69, 9.17) is 0 Å². The molecular formula is C19H21N5O. The van der Waals surface area contributed by atoms with E-state index < -0.39 is 6.10 Å². The van der Waals surface area contributed by atoms with E-state index in [0.29, 0.717) is 12.5 Å². The van der Waals surface area contributed by atoms with Crippen LogP contribution >= 0.6 is 0 Å². The van der Waals surface area contributed by atoms with Crippen molar-refractivity contribution in [3.63, 3.8) is 0 Å². The third-order valence-corrected chi connectivity index (χ3v) is 5.41. The number of piperidine rings is 1. The second kappa shape index (κ2) is 5.81. The Labute approximate surface area is 146 Å². The molecule has 0 amide bonds. The topological polar surface area (TPSA) is 66.5 Å². The van der Waals surface area contributed by atoms with Gasteiger partial charge < -0.3 is 10.0 Å². The van der Waals surface area contributed by atoms with Crippen LogP contribution in [0.1, 0.15) is 42.4 Å². The van der Waals surface area contributed by atoms with Crippen LogP contribution in [-0.2, 0) is 0 Å². The molecule has 25 heavy (non-hydrogen) atoms. The van der Waals surface area contributed by atoms with Crippen LogP contribution in [0.2, 0.25) is 0 Å². The van der Waals surface area contributed by atoms with Gasteiger partial charge in [-0.1, -0.05) is 30.3 Å². The molecule has 3 heterocycles. The van der Waals surface area contributed by atoms with Gasteiger partial charge in [0.2, 0.25) is 5.65 Å². The van der Waals surface area contributed by atoms with Gasteiger partial charge in [-0.2, -0.15) is 9.61 Å². The number of rotatable bonds is 3. The summed E-state index contributed by atoms with van der Waals surface area (Å²) in [6, 6.07) is 12.5. The predicted octanol–water partition coefficient (Wildman–Crippen LogP) is 2.36. The molecule has 1 N–H and O–H groups in total. The van der Waals surface area contributed by atoms with E-state index in [0.717, 1.165) is 30.0 Å². The molecule has 2 aliphatic rings. The zero-order valence-electron chi connectivity index (χ0n) is 14.0. The van der Waals surface area contributed by atoms with Crippen molar-refractivity contribution in [2.45, 2.75) is 37.2 Å². The van der Waals surface area contributed by atoms with Crippen molar-refractivity contribution in [1.29, 1.82) is 0 Å². The van der Waals surface area contributed by atoms with E-state index in [1.165, 1.54) is 18.4 Å². The maximum Gasteiger partial charge on any atom is 0.200 e. The summed E-state index contributed by atoms with van der Waals surface area (Å²) in [5, 5.41) is 23.7. The normalized spacial score (nSPS) is 24.0. The van der Waals surface area contributed by atoms with Gasteiger partial charge in [0, 0.05) is 24.9 Å². The quantitative estimate of drug-likeness (QED) is 0.796. The van der Waals surface area contributed by atoms with Gasteiger partial charge >= 0.3 is 0 Å². The Balaban J connectivity index is 1.45. The van der Waals surface area contributed by atoms with Crippen LogP contribution in [-0.4, -0.2) is 44.1 Å². The van der Waals surface area contributed by atoms with Crippen LogP contribution in [0, 0.1) is 0 Å². The van der Waals surface area contributed by atoms with Crippen molar-refractivity contribution >= 4 is 11.3 Å². The van der Waals surface area contributed by atoms with E-state index in [9.17, 15) is 5.11 Å². The molecule has 128 valence electrons. The van der Waals surface area contributed by atoms with Crippen LogP contribution in [0.25, 0.3) is 5.65 Å². The summed E-state index contributed by atoms with van der Waals surface area (Å²) in [4.78, 5) is 2.24. The fourth-order valence-electron chi connectivity index (χ4n) is 3.88. The minimum atomic E-state index is -0.392. The molecule has 0 radical (unpaired) electrons. The van der Waals surface area contributed by atoms with Gasteiger partial charge in [0.15, 0.2) is 0 Å². The van der Waals surface area contributed by atoms with E-state index in [1.807, 2.05) is 18.2 Å². The fourth-order valence-corrected chi connectivity index (χ4v) is 3.88. The Kier molecular flexibility index (Phi) is 3.45. The Hall–Kier alpha value is -2.47. The molecule has 1 aromatic carbocycles. The van der Waals surface area contributed by atoms with Crippen LogP contribution in [0.15, 0.2) is 42.7 Å². The molecule has 1 aliphatic heterocycles. The number of fused-ring (bicyclic) bond motifs is 1. The highest BCUT2D eigenvalue weighted by Gasteiger charge is 2.32. The Morgan fingerprint density at radius 3 is 2.68 bits per heavy atom. The number of benzene rings is 1. The largest absolute Gasteiger partial charge is 0.391 e. The molecule has 0 spiro atoms. The number of aliphatic hydroxyl groups excluding tert-OH is 1. The summed E-state index contributed by atoms with van der Waals surface area (Å²) in [5.41, 5.74) is 4.15. The average molecular weight is 335 g/mol. The maximum absolute atomic E-state index is 10.8. The first-order valence-electron chi connectivity index (χ1n) is 8.98. The molecule has 0 unspecified atom stereocenters. The lowest BCUT2D eigenvalue weighted by atomic mass is 9.87. The Bertz CT molecular complexity index is 889. The minimum absolute atomic E-state index is 0.191. The van der Waals surface area contributed by atoms with Crippen molar-refractivity contribution in [2.75, 3.05) is 18.0 Å². The summed E-state index contributed by atoms with van der Waals surface area (Å²) >= 11 is 0. The molecule has 0 bridgehead atoms. The lowest BCUT2D eigenvalue weighted by molar-refractivity contribution is 0.130. The van der Waals surface area contributed by atoms with Gasteiger partial charge in [-0.25, -0.2) is 0 Å². The highest BCUT2D eigenvalue weighted by atomic mass is 16.3. The fraction of sp³-hybridized carbons (Fsp3) is 0.421. The van der Waals surface area contributed by atoms with E-state index >= 15 is 0 Å². The van der Waals surface area contributed by atoms with Crippen LogP contribution < -0.4 is 4.90 Å². The Morgan fingerprint density at radius 1 is 1.08 bits per heavy atom. The number of hydrogen-bond donors (Lipinski definition) is 1. The van der Waals surface area contributed by atoms with Crippen molar-refractivity contribution < 1.29 is 5.11 Å². The summed E-state index contributed by atoms with van der Waals surface area (Å²) in [7, 11) is 0. The van der Waals surface area contributed by atoms with Gasteiger partial charge in [-0.15, -0.1) is 10.2 Å². The summed E-state index contributed by atoms with van der Waals surface area (Å²) < 4.78 is 1.78. The summed E-state index contributed by atoms with van der Waals surface area (Å²) in [6.45, 7) is 1.50. The van der Waals surface area contributed by atoms with E-state index in [2.05, 4.69) is 38.4 Å². The van der Waals surface area contributed by atoms with Crippen molar-refractivity contribution in [3.8, 4) is 0 Å². The second-order valence-electron chi connectivity index (χ2n) is 7.15. The number of aliphatic hydroxyl groups is 1. The standard InChI is InChI=1S/C19H21N5O/c25-18-11-23(9-8-15(18)13-4-2-1-3-5-13)17-10-16(14-6-7-14)22-24-12-20-21-19(17)24/h1-5,10,12,14-15,18,25H,6-9,11H2/t15-,18+/m0/s1. The lowest BCUT2D eigenvalue weighted by Crippen LogP contribution is -2.43. The van der Waals surface area contributed by atoms with Crippen molar-refractivity contribution in [1.82, 2.24) is 19.8 Å². The first-order valence-corrected chi connectivity index (χ1v) is 8.98. The molecular weight excluding hydrogens is 314 g/mol. The van der Waals surface area contributed by atoms with Crippen molar-refractivity contribution in [3.05, 3.63) is 54.0 Å². The van der Waals surface area contributed by atoms with Crippen LogP contribution in [0.3, 0.4) is 0 Å². The predicted molar refractivity (Wildman–Crippen MR) is 94.8 cm³/mol. The first-order chi connectivity index (χ1) is 12.3. The molecule has 2 aromatic heterocycles. The maximum atomic E-state index is 10.8. The summed E-state index contributed by atoms with van der Waals surface area (Å²) in [6.07, 6.45) is 4.61. The SMILES string of the molecule is O[C@@H]1CN(c2cc(C3CC3)nn3cnnc23)CC[C@H]1c1ccccc1. The number of hydrogen-bond acceptors (Lipinski definition) is 5. The van der Waals surface area contributed by atoms with Gasteiger partial charge in [0.05, 0.1) is 17.5 Å². The molecule has 5 rings (SSSR count). The van der Waals surface area contributed by atoms with Crippen LogP contribution in [0.4, 0.5) is 5.69 Å². The highest BCUT2D eigenvalue weighted by Crippen LogP contribution is 2.41. The highest BCUT2D eigenvalue weighted by molar-refractivity contribution is 5.69. The van der Waals surface area contributed by atoms with Crippen LogP contribution in [0.5, 0.6) is 0 Å². The first kappa shape index (κ1) is 14.8. The van der Waals surface area contributed by atoms with Gasteiger partial charge in [0.1, 0.15) is 6.33 Å². The van der Waals surface area contributed by atoms with Gasteiger partial charge in [0.25, 0.3) is 0 Å². The second-order valence-corrected chi connectivity index (χ2v) is 7.15. The molecule has 1 aliphatic carbocycles. The minimum Gasteiger partial charge on any atom is -0.391 e. The monoisotopic (exact) mass is 335 g/mol. The lowest BCUT2D eigenvalue weighted by Gasteiger charge is -2.37. The number of anilines is 1. The number of β-amino-alcohol motifs (C(OH)–C–C–N with tert-alkyl or cyclic N) is 1. The number of nitrogens with zero attached hydrogens (tertiary/aromatic N) is 5. The number of aromatic nitrogens is 4. The molecule has 3 aromatic rings. The molecule has 6 heteroatoms. The van der Waals surface area contributed by atoms with E-state index in [-0.39, 0.29) is 5.92 Å². The van der Waals surface area contributed by atoms with E-state index in [1.54, 1.807) is 10.8 Å². The zero-order chi connectivity index (χ0) is 16.8. The van der Waals surface area contributed by atoms with Crippen molar-refractivity contribution in [2.24, 2.45) is 0 Å². The third-order valence-electron chi connectivity index (χ3n) is 5.41. The molecule has 2 fully saturated rings. The zero-order valence-corrected chi connectivity index (χ0v) is 14.0. The smallest absolute Gasteiger partial charge is 0.200 e. The third kappa shape index (κ3) is 2.66. The Morgan fingerprint density at radius 2 is 1.92 bits per heavy atom.